The van der Waals surface area contributed by atoms with Crippen LogP contribution in [0.25, 0.3) is 0 Å². The third-order valence-electron chi connectivity index (χ3n) is 2.30. The molecule has 2 rings (SSSR count). The highest BCUT2D eigenvalue weighted by Crippen LogP contribution is 2.31. The first-order chi connectivity index (χ1) is 7.63. The topological polar surface area (TPSA) is 55.9 Å². The minimum Gasteiger partial charge on any atom is -0.271 e. The van der Waals surface area contributed by atoms with Gasteiger partial charge in [-0.15, -0.1) is 11.3 Å². The minimum absolute atomic E-state index is 0.0653. The van der Waals surface area contributed by atoms with Crippen molar-refractivity contribution >= 4 is 43.2 Å². The summed E-state index contributed by atoms with van der Waals surface area (Å²) >= 11 is 8.55. The molecule has 86 valence electrons. The number of nitrogens with one attached hydrogen (secondary N) is 1. The molecule has 4 nitrogen and oxygen atoms in total. The number of halogens is 2. The Kier molecular flexibility index (Phi) is 3.81. The first-order valence-electron chi connectivity index (χ1n) is 4.51. The van der Waals surface area contributed by atoms with Gasteiger partial charge in [-0.3, -0.25) is 10.5 Å². The number of aromatic nitrogens is 2. The molecule has 0 saturated carbocycles. The molecule has 2 aromatic rings. The normalized spacial score (nSPS) is 13.0. The monoisotopic (exact) mass is 364 g/mol. The average Bonchev–Trinajstić information content (AvgIpc) is 2.80. The number of nitrogens with two attached hydrogens (primary N) is 1. The van der Waals surface area contributed by atoms with E-state index in [2.05, 4.69) is 53.8 Å². The van der Waals surface area contributed by atoms with E-state index in [-0.39, 0.29) is 6.04 Å². The molecule has 0 bridgehead atoms. The van der Waals surface area contributed by atoms with Gasteiger partial charge in [0.25, 0.3) is 0 Å². The van der Waals surface area contributed by atoms with E-state index in [1.54, 1.807) is 22.2 Å². The van der Waals surface area contributed by atoms with E-state index in [0.29, 0.717) is 0 Å². The molecule has 0 fully saturated rings. The van der Waals surface area contributed by atoms with Crippen molar-refractivity contribution in [3.8, 4) is 0 Å². The van der Waals surface area contributed by atoms with Gasteiger partial charge in [0.05, 0.1) is 26.2 Å². The van der Waals surface area contributed by atoms with Crippen molar-refractivity contribution in [2.75, 3.05) is 0 Å². The summed E-state index contributed by atoms with van der Waals surface area (Å²) < 4.78 is 3.83. The first kappa shape index (κ1) is 12.3. The second kappa shape index (κ2) is 4.97. The number of nitrogens with zero attached hydrogens (tertiary/aromatic N) is 2. The van der Waals surface area contributed by atoms with Crippen molar-refractivity contribution in [1.82, 2.24) is 15.2 Å². The quantitative estimate of drug-likeness (QED) is 0.649. The molecule has 0 aromatic carbocycles. The highest BCUT2D eigenvalue weighted by atomic mass is 79.9. The van der Waals surface area contributed by atoms with E-state index < -0.39 is 0 Å². The molecule has 0 saturated heterocycles. The average molecular weight is 366 g/mol. The van der Waals surface area contributed by atoms with Crippen LogP contribution in [0.2, 0.25) is 0 Å². The van der Waals surface area contributed by atoms with Crippen molar-refractivity contribution in [2.24, 2.45) is 12.9 Å². The summed E-state index contributed by atoms with van der Waals surface area (Å²) in [6.45, 7) is 0. The summed E-state index contributed by atoms with van der Waals surface area (Å²) in [5.41, 5.74) is 4.93. The molecule has 2 aromatic heterocycles. The molecule has 2 heterocycles. The maximum absolute atomic E-state index is 5.62. The molecule has 0 radical (unpaired) electrons. The fourth-order valence-corrected chi connectivity index (χ4v) is 3.33. The number of hydrogen-bond donors (Lipinski definition) is 2. The lowest BCUT2D eigenvalue weighted by molar-refractivity contribution is 0.574. The van der Waals surface area contributed by atoms with Crippen molar-refractivity contribution in [2.45, 2.75) is 6.04 Å². The van der Waals surface area contributed by atoms with Gasteiger partial charge in [0.15, 0.2) is 0 Å². The van der Waals surface area contributed by atoms with Crippen molar-refractivity contribution in [3.63, 3.8) is 0 Å². The van der Waals surface area contributed by atoms with E-state index in [1.165, 1.54) is 0 Å². The summed E-state index contributed by atoms with van der Waals surface area (Å²) in [7, 11) is 1.89. The predicted molar refractivity (Wildman–Crippen MR) is 72.1 cm³/mol. The zero-order valence-corrected chi connectivity index (χ0v) is 12.4. The van der Waals surface area contributed by atoms with Crippen LogP contribution < -0.4 is 11.3 Å². The van der Waals surface area contributed by atoms with Gasteiger partial charge in [0.2, 0.25) is 0 Å². The van der Waals surface area contributed by atoms with Crippen LogP contribution in [0, 0.1) is 0 Å². The van der Waals surface area contributed by atoms with Gasteiger partial charge in [-0.2, -0.15) is 5.10 Å². The molecule has 0 aliphatic heterocycles. The van der Waals surface area contributed by atoms with Crippen molar-refractivity contribution in [3.05, 3.63) is 37.2 Å². The van der Waals surface area contributed by atoms with E-state index in [1.807, 2.05) is 7.05 Å². The van der Waals surface area contributed by atoms with E-state index in [9.17, 15) is 0 Å². The summed E-state index contributed by atoms with van der Waals surface area (Å²) in [6.07, 6.45) is 1.76. The van der Waals surface area contributed by atoms with Crippen LogP contribution >= 0.6 is 43.2 Å². The third kappa shape index (κ3) is 2.23. The molecule has 7 heteroatoms. The number of hydrazine groups is 1. The lowest BCUT2D eigenvalue weighted by Crippen LogP contribution is -2.30. The minimum atomic E-state index is -0.0653. The molecular formula is C9H10Br2N4S. The highest BCUT2D eigenvalue weighted by Gasteiger charge is 2.20. The van der Waals surface area contributed by atoms with Gasteiger partial charge in [-0.05, 0) is 48.9 Å². The second-order valence-corrected chi connectivity index (χ2v) is 6.43. The van der Waals surface area contributed by atoms with Gasteiger partial charge in [-0.25, -0.2) is 5.43 Å². The van der Waals surface area contributed by atoms with Crippen LogP contribution in [0.1, 0.15) is 17.3 Å². The van der Waals surface area contributed by atoms with E-state index in [0.717, 1.165) is 19.5 Å². The summed E-state index contributed by atoms with van der Waals surface area (Å²) in [4.78, 5) is 0. The standard InChI is InChI=1S/C9H10Br2N4S/c1-15-9(6(10)3-13-15)8(14-12)5-2-7(11)16-4-5/h2-4,8,14H,12H2,1H3. The fourth-order valence-electron chi connectivity index (χ4n) is 1.55. The lowest BCUT2D eigenvalue weighted by atomic mass is 10.1. The van der Waals surface area contributed by atoms with Gasteiger partial charge in [-0.1, -0.05) is 0 Å². The Morgan fingerprint density at radius 3 is 2.75 bits per heavy atom. The van der Waals surface area contributed by atoms with Crippen LogP contribution in [0.5, 0.6) is 0 Å². The zero-order chi connectivity index (χ0) is 11.7. The second-order valence-electron chi connectivity index (χ2n) is 3.29. The first-order valence-corrected chi connectivity index (χ1v) is 6.97. The number of thiophene rings is 1. The molecule has 0 amide bonds. The molecule has 1 atom stereocenters. The number of rotatable bonds is 3. The van der Waals surface area contributed by atoms with Crippen LogP contribution in [0.15, 0.2) is 25.9 Å². The molecule has 0 aliphatic carbocycles. The number of hydrogen-bond acceptors (Lipinski definition) is 4. The van der Waals surface area contributed by atoms with Gasteiger partial charge in [0, 0.05) is 7.05 Å². The van der Waals surface area contributed by atoms with Gasteiger partial charge in [0.1, 0.15) is 0 Å². The van der Waals surface area contributed by atoms with Gasteiger partial charge < -0.3 is 0 Å². The number of aryl methyl sites for hydroxylation is 1. The molecule has 0 aliphatic rings. The molecular weight excluding hydrogens is 356 g/mol. The van der Waals surface area contributed by atoms with E-state index >= 15 is 0 Å². The predicted octanol–water partition coefficient (Wildman–Crippen LogP) is 2.56. The highest BCUT2D eigenvalue weighted by molar-refractivity contribution is 9.11. The molecule has 3 N–H and O–H groups in total. The molecule has 16 heavy (non-hydrogen) atoms. The van der Waals surface area contributed by atoms with Gasteiger partial charge >= 0.3 is 0 Å². The Morgan fingerprint density at radius 2 is 2.31 bits per heavy atom. The fraction of sp³-hybridized carbons (Fsp3) is 0.222. The largest absolute Gasteiger partial charge is 0.271 e. The third-order valence-corrected chi connectivity index (χ3v) is 4.43. The van der Waals surface area contributed by atoms with Crippen LogP contribution in [-0.2, 0) is 7.05 Å². The van der Waals surface area contributed by atoms with E-state index in [4.69, 9.17) is 5.84 Å². The maximum atomic E-state index is 5.62. The SMILES string of the molecule is Cn1ncc(Br)c1C(NN)c1csc(Br)c1. The van der Waals surface area contributed by atoms with Crippen LogP contribution in [0.3, 0.4) is 0 Å². The van der Waals surface area contributed by atoms with Crippen LogP contribution in [-0.4, -0.2) is 9.78 Å². The Hall–Kier alpha value is -0.210. The van der Waals surface area contributed by atoms with Crippen molar-refractivity contribution in [1.29, 1.82) is 0 Å². The molecule has 1 unspecified atom stereocenters. The Labute approximate surface area is 114 Å². The Balaban J connectivity index is 2.44. The maximum Gasteiger partial charge on any atom is 0.0898 e. The Bertz CT molecular complexity index is 474. The smallest absolute Gasteiger partial charge is 0.0898 e. The summed E-state index contributed by atoms with van der Waals surface area (Å²) in [6, 6.07) is 1.98. The Morgan fingerprint density at radius 1 is 1.56 bits per heavy atom. The summed E-state index contributed by atoms with van der Waals surface area (Å²) in [5, 5.41) is 6.25. The van der Waals surface area contributed by atoms with Crippen LogP contribution in [0.4, 0.5) is 0 Å². The zero-order valence-electron chi connectivity index (χ0n) is 8.45. The molecule has 0 spiro atoms. The van der Waals surface area contributed by atoms with Crippen molar-refractivity contribution < 1.29 is 0 Å². The lowest BCUT2D eigenvalue weighted by Gasteiger charge is -2.15. The summed E-state index contributed by atoms with van der Waals surface area (Å²) in [5.74, 6) is 5.62.